The van der Waals surface area contributed by atoms with Crippen LogP contribution in [0.1, 0.15) is 16.1 Å². The predicted molar refractivity (Wildman–Crippen MR) is 109 cm³/mol. The molecule has 0 fully saturated rings. The van der Waals surface area contributed by atoms with Gasteiger partial charge in [0.2, 0.25) is 0 Å². The van der Waals surface area contributed by atoms with Crippen molar-refractivity contribution in [2.24, 2.45) is 0 Å². The van der Waals surface area contributed by atoms with Gasteiger partial charge in [-0.2, -0.15) is 0 Å². The van der Waals surface area contributed by atoms with E-state index in [1.165, 1.54) is 4.90 Å². The van der Waals surface area contributed by atoms with Gasteiger partial charge in [-0.05, 0) is 23.8 Å². The minimum Gasteiger partial charge on any atom is -0.489 e. The molecule has 0 unspecified atom stereocenters. The highest BCUT2D eigenvalue weighted by atomic mass is 35.5. The van der Waals surface area contributed by atoms with Gasteiger partial charge in [-0.1, -0.05) is 41.9 Å². The molecule has 8 heteroatoms. The third kappa shape index (κ3) is 4.09. The van der Waals surface area contributed by atoms with Crippen molar-refractivity contribution in [2.45, 2.75) is 12.6 Å². The number of halogens is 1. The molecule has 7 nitrogen and oxygen atoms in total. The second-order valence-electron chi connectivity index (χ2n) is 6.76. The zero-order valence-corrected chi connectivity index (χ0v) is 16.5. The summed E-state index contributed by atoms with van der Waals surface area (Å²) < 4.78 is 7.54. The molecule has 0 bridgehead atoms. The Labute approximate surface area is 172 Å². The Morgan fingerprint density at radius 1 is 1.28 bits per heavy atom. The Hall–Kier alpha value is -3.32. The zero-order valence-electron chi connectivity index (χ0n) is 15.7. The second kappa shape index (κ2) is 7.97. The van der Waals surface area contributed by atoms with Crippen LogP contribution in [0.3, 0.4) is 0 Å². The van der Waals surface area contributed by atoms with Crippen LogP contribution in [-0.2, 0) is 11.3 Å². The maximum atomic E-state index is 12.8. The number of nitrogens with zero attached hydrogens (tertiary/aromatic N) is 3. The first-order valence-electron chi connectivity index (χ1n) is 9.08. The Kier molecular flexibility index (Phi) is 5.22. The fraction of sp³-hybridized carbons (Fsp3) is 0.190. The van der Waals surface area contributed by atoms with Crippen LogP contribution >= 0.6 is 11.6 Å². The van der Waals surface area contributed by atoms with Crippen LogP contribution in [0.25, 0.3) is 0 Å². The van der Waals surface area contributed by atoms with Crippen molar-refractivity contribution in [1.29, 1.82) is 0 Å². The highest BCUT2D eigenvalue weighted by Gasteiger charge is 2.31. The van der Waals surface area contributed by atoms with Crippen LogP contribution in [-0.4, -0.2) is 41.1 Å². The van der Waals surface area contributed by atoms with Gasteiger partial charge < -0.3 is 19.5 Å². The largest absolute Gasteiger partial charge is 0.489 e. The minimum absolute atomic E-state index is 0.0221. The number of imidazole rings is 1. The Bertz CT molecular complexity index is 1050. The number of ether oxygens (including phenoxy) is 1. The minimum atomic E-state index is -0.835. The summed E-state index contributed by atoms with van der Waals surface area (Å²) in [5, 5.41) is 3.22. The maximum Gasteiger partial charge on any atom is 0.272 e. The smallest absolute Gasteiger partial charge is 0.272 e. The Balaban J connectivity index is 1.45. The fourth-order valence-corrected chi connectivity index (χ4v) is 3.33. The van der Waals surface area contributed by atoms with E-state index >= 15 is 0 Å². The van der Waals surface area contributed by atoms with Gasteiger partial charge >= 0.3 is 0 Å². The fourth-order valence-electron chi connectivity index (χ4n) is 3.17. The summed E-state index contributed by atoms with van der Waals surface area (Å²) in [5.41, 5.74) is 1.90. The van der Waals surface area contributed by atoms with Gasteiger partial charge in [0.05, 0.1) is 12.0 Å². The number of likely N-dealkylation sites (N-methyl/N-ethyl adjacent to an activating group) is 1. The molecular formula is C21H19ClN4O3. The number of rotatable bonds is 4. The molecule has 2 aromatic carbocycles. The molecule has 0 saturated heterocycles. The van der Waals surface area contributed by atoms with Crippen molar-refractivity contribution in [3.8, 4) is 5.75 Å². The molecule has 0 saturated carbocycles. The van der Waals surface area contributed by atoms with Gasteiger partial charge in [-0.15, -0.1) is 0 Å². The number of hydrogen-bond donors (Lipinski definition) is 1. The molecule has 148 valence electrons. The van der Waals surface area contributed by atoms with Gasteiger partial charge in [0.25, 0.3) is 11.8 Å². The van der Waals surface area contributed by atoms with Gasteiger partial charge in [-0.3, -0.25) is 9.59 Å². The van der Waals surface area contributed by atoms with E-state index in [1.54, 1.807) is 37.8 Å². The maximum absolute atomic E-state index is 12.8. The first kappa shape index (κ1) is 19.0. The molecule has 1 aliphatic heterocycles. The van der Waals surface area contributed by atoms with Crippen LogP contribution < -0.4 is 15.0 Å². The standard InChI is InChI=1S/C21H19ClN4O3/c1-25-18-9-15(22)7-8-19(18)29-12-17(21(25)28)24-20(27)16-11-26(13-23-16)10-14-5-3-2-4-6-14/h2-9,11,13,17H,10,12H2,1H3,(H,24,27)/t17-/m0/s1. The molecule has 2 amide bonds. The highest BCUT2D eigenvalue weighted by Crippen LogP contribution is 2.33. The molecule has 29 heavy (non-hydrogen) atoms. The van der Waals surface area contributed by atoms with Crippen molar-refractivity contribution in [1.82, 2.24) is 14.9 Å². The van der Waals surface area contributed by atoms with E-state index in [9.17, 15) is 9.59 Å². The van der Waals surface area contributed by atoms with Gasteiger partial charge in [-0.25, -0.2) is 4.98 Å². The van der Waals surface area contributed by atoms with Crippen molar-refractivity contribution in [3.05, 3.63) is 77.3 Å². The number of benzene rings is 2. The third-order valence-electron chi connectivity index (χ3n) is 4.70. The van der Waals surface area contributed by atoms with Crippen molar-refractivity contribution < 1.29 is 14.3 Å². The average Bonchev–Trinajstić information content (AvgIpc) is 3.16. The molecule has 1 aromatic heterocycles. The van der Waals surface area contributed by atoms with E-state index in [4.69, 9.17) is 16.3 Å². The first-order chi connectivity index (χ1) is 14.0. The number of fused-ring (bicyclic) bond motifs is 1. The number of hydrogen-bond acceptors (Lipinski definition) is 4. The molecule has 1 N–H and O–H groups in total. The number of carbonyl (C=O) groups is 2. The van der Waals surface area contributed by atoms with E-state index in [0.29, 0.717) is 23.0 Å². The second-order valence-corrected chi connectivity index (χ2v) is 7.20. The lowest BCUT2D eigenvalue weighted by molar-refractivity contribution is -0.120. The van der Waals surface area contributed by atoms with Crippen LogP contribution in [0.2, 0.25) is 5.02 Å². The Morgan fingerprint density at radius 2 is 2.07 bits per heavy atom. The molecule has 1 aliphatic rings. The van der Waals surface area contributed by atoms with Gasteiger partial charge in [0.15, 0.2) is 0 Å². The summed E-state index contributed by atoms with van der Waals surface area (Å²) in [5.74, 6) is -0.187. The summed E-state index contributed by atoms with van der Waals surface area (Å²) in [6.45, 7) is 0.625. The lowest BCUT2D eigenvalue weighted by Crippen LogP contribution is -2.49. The van der Waals surface area contributed by atoms with E-state index in [0.717, 1.165) is 5.56 Å². The highest BCUT2D eigenvalue weighted by molar-refractivity contribution is 6.31. The normalized spacial score (nSPS) is 16.0. The van der Waals surface area contributed by atoms with Crippen LogP contribution in [0.5, 0.6) is 5.75 Å². The van der Waals surface area contributed by atoms with Crippen molar-refractivity contribution >= 4 is 29.1 Å². The number of nitrogens with one attached hydrogen (secondary N) is 1. The summed E-state index contributed by atoms with van der Waals surface area (Å²) in [7, 11) is 1.62. The van der Waals surface area contributed by atoms with E-state index < -0.39 is 11.9 Å². The molecule has 4 rings (SSSR count). The summed E-state index contributed by atoms with van der Waals surface area (Å²) in [6.07, 6.45) is 3.25. The molecule has 0 radical (unpaired) electrons. The Morgan fingerprint density at radius 3 is 2.86 bits per heavy atom. The van der Waals surface area contributed by atoms with E-state index in [1.807, 2.05) is 34.9 Å². The van der Waals surface area contributed by atoms with Crippen LogP contribution in [0, 0.1) is 0 Å². The zero-order chi connectivity index (χ0) is 20.4. The van der Waals surface area contributed by atoms with E-state index in [2.05, 4.69) is 10.3 Å². The number of aromatic nitrogens is 2. The van der Waals surface area contributed by atoms with Gasteiger partial charge in [0, 0.05) is 24.8 Å². The number of carbonyl (C=O) groups excluding carboxylic acids is 2. The van der Waals surface area contributed by atoms with Crippen molar-refractivity contribution in [3.63, 3.8) is 0 Å². The first-order valence-corrected chi connectivity index (χ1v) is 9.45. The molecule has 0 aliphatic carbocycles. The quantitative estimate of drug-likeness (QED) is 0.717. The van der Waals surface area contributed by atoms with Crippen molar-refractivity contribution in [2.75, 3.05) is 18.6 Å². The molecule has 3 aromatic rings. The summed E-state index contributed by atoms with van der Waals surface area (Å²) >= 11 is 6.03. The lowest BCUT2D eigenvalue weighted by Gasteiger charge is -2.20. The molecule has 0 spiro atoms. The third-order valence-corrected chi connectivity index (χ3v) is 4.93. The lowest BCUT2D eigenvalue weighted by atomic mass is 10.2. The number of amides is 2. The predicted octanol–water partition coefficient (Wildman–Crippen LogP) is 2.74. The summed E-state index contributed by atoms with van der Waals surface area (Å²) in [4.78, 5) is 31.0. The van der Waals surface area contributed by atoms with Gasteiger partial charge in [0.1, 0.15) is 24.1 Å². The summed E-state index contributed by atoms with van der Waals surface area (Å²) in [6, 6.07) is 14.1. The molecule has 2 heterocycles. The van der Waals surface area contributed by atoms with Crippen LogP contribution in [0.15, 0.2) is 61.1 Å². The molecular weight excluding hydrogens is 392 g/mol. The number of anilines is 1. The average molecular weight is 411 g/mol. The topological polar surface area (TPSA) is 76.5 Å². The van der Waals surface area contributed by atoms with Crippen LogP contribution in [0.4, 0.5) is 5.69 Å². The monoisotopic (exact) mass is 410 g/mol. The SMILES string of the molecule is CN1C(=O)[C@@H](NC(=O)c2cn(Cc3ccccc3)cn2)COc2ccc(Cl)cc21. The molecule has 1 atom stereocenters. The van der Waals surface area contributed by atoms with E-state index in [-0.39, 0.29) is 18.2 Å².